The molecule has 0 aliphatic carbocycles. The van der Waals surface area contributed by atoms with E-state index in [0.29, 0.717) is 30.4 Å². The number of aromatic nitrogens is 1. The fraction of sp³-hybridized carbons (Fsp3) is 0.300. The summed E-state index contributed by atoms with van der Waals surface area (Å²) in [6.45, 7) is 4.41. The summed E-state index contributed by atoms with van der Waals surface area (Å²) in [5.41, 5.74) is 0.702. The van der Waals surface area contributed by atoms with Gasteiger partial charge in [-0.1, -0.05) is 17.4 Å². The van der Waals surface area contributed by atoms with Crippen LogP contribution in [-0.4, -0.2) is 55.2 Å². The minimum absolute atomic E-state index is 0.124. The summed E-state index contributed by atoms with van der Waals surface area (Å²) in [5, 5.41) is 2.57. The van der Waals surface area contributed by atoms with Gasteiger partial charge in [0, 0.05) is 37.1 Å². The van der Waals surface area contributed by atoms with E-state index in [1.165, 1.54) is 23.5 Å². The van der Waals surface area contributed by atoms with Gasteiger partial charge in [0.2, 0.25) is 0 Å². The maximum absolute atomic E-state index is 13.5. The average Bonchev–Trinajstić information content (AvgIpc) is 3.36. The van der Waals surface area contributed by atoms with Gasteiger partial charge in [-0.2, -0.15) is 0 Å². The van der Waals surface area contributed by atoms with Gasteiger partial charge in [0.05, 0.1) is 23.4 Å². The highest BCUT2D eigenvalue weighted by Crippen LogP contribution is 2.29. The summed E-state index contributed by atoms with van der Waals surface area (Å²) in [6.07, 6.45) is 3.40. The average molecular weight is 418 g/mol. The lowest BCUT2D eigenvalue weighted by molar-refractivity contribution is -0.114. The molecular weight excluding hydrogens is 397 g/mol. The van der Waals surface area contributed by atoms with E-state index in [1.807, 2.05) is 23.6 Å². The number of fused-ring (bicyclic) bond motifs is 1. The maximum Gasteiger partial charge on any atom is 0.252 e. The van der Waals surface area contributed by atoms with Crippen LogP contribution in [0.1, 0.15) is 4.88 Å². The summed E-state index contributed by atoms with van der Waals surface area (Å²) < 4.78 is 19.7. The molecule has 1 aliphatic rings. The van der Waals surface area contributed by atoms with Crippen LogP contribution in [0.5, 0.6) is 0 Å². The lowest BCUT2D eigenvalue weighted by Crippen LogP contribution is -2.42. The second-order valence-electron chi connectivity index (χ2n) is 6.40. The Balaban J connectivity index is 1.56. The molecule has 2 aromatic heterocycles. The van der Waals surface area contributed by atoms with Crippen LogP contribution >= 0.6 is 22.7 Å². The number of thiophene rings is 1. The normalized spacial score (nSPS) is 15.5. The van der Waals surface area contributed by atoms with Crippen LogP contribution in [0.2, 0.25) is 0 Å². The Morgan fingerprint density at radius 1 is 1.32 bits per heavy atom. The number of halogens is 1. The van der Waals surface area contributed by atoms with Gasteiger partial charge in [0.1, 0.15) is 5.82 Å². The summed E-state index contributed by atoms with van der Waals surface area (Å²) >= 11 is 2.92. The van der Waals surface area contributed by atoms with Gasteiger partial charge in [-0.3, -0.25) is 14.6 Å². The third kappa shape index (κ3) is 4.64. The van der Waals surface area contributed by atoms with Gasteiger partial charge in [-0.05, 0) is 35.7 Å². The first kappa shape index (κ1) is 19.2. The number of rotatable bonds is 6. The van der Waals surface area contributed by atoms with Crippen molar-refractivity contribution in [1.29, 1.82) is 0 Å². The van der Waals surface area contributed by atoms with Crippen LogP contribution in [0.25, 0.3) is 16.3 Å². The lowest BCUT2D eigenvalue weighted by atomic mass is 10.3. The number of benzene rings is 1. The molecular formula is C20H20FN3O2S2. The van der Waals surface area contributed by atoms with Crippen LogP contribution in [0.3, 0.4) is 0 Å². The van der Waals surface area contributed by atoms with Crippen molar-refractivity contribution in [3.63, 3.8) is 0 Å². The van der Waals surface area contributed by atoms with Crippen molar-refractivity contribution in [2.75, 3.05) is 44.3 Å². The molecule has 8 heteroatoms. The zero-order valence-electron chi connectivity index (χ0n) is 15.2. The van der Waals surface area contributed by atoms with Crippen molar-refractivity contribution in [2.45, 2.75) is 0 Å². The highest BCUT2D eigenvalue weighted by molar-refractivity contribution is 7.22. The Morgan fingerprint density at radius 2 is 2.18 bits per heavy atom. The number of hydrogen-bond donors (Lipinski definition) is 0. The SMILES string of the molecule is O=C(C=Cc1cccs1)N(CCN1CCOCC1)c1nc2ccc(F)cc2s1. The predicted molar refractivity (Wildman–Crippen MR) is 113 cm³/mol. The van der Waals surface area contributed by atoms with E-state index >= 15 is 0 Å². The lowest BCUT2D eigenvalue weighted by Gasteiger charge is -2.28. The number of morpholine rings is 1. The Labute approximate surface area is 170 Å². The Bertz CT molecular complexity index is 965. The molecule has 4 rings (SSSR count). The molecule has 0 atom stereocenters. The first-order valence-electron chi connectivity index (χ1n) is 9.08. The van der Waals surface area contributed by atoms with Gasteiger partial charge in [0.25, 0.3) is 5.91 Å². The van der Waals surface area contributed by atoms with Crippen molar-refractivity contribution in [1.82, 2.24) is 9.88 Å². The van der Waals surface area contributed by atoms with Crippen molar-refractivity contribution in [2.24, 2.45) is 0 Å². The zero-order chi connectivity index (χ0) is 19.3. The van der Waals surface area contributed by atoms with Crippen molar-refractivity contribution >= 4 is 50.0 Å². The standard InChI is InChI=1S/C20H20FN3O2S2/c21-15-3-5-17-18(14-15)28-20(22-17)24(8-7-23-9-11-26-12-10-23)19(25)6-4-16-2-1-13-27-16/h1-6,13-14H,7-12H2. The highest BCUT2D eigenvalue weighted by Gasteiger charge is 2.20. The molecule has 1 fully saturated rings. The van der Waals surface area contributed by atoms with Crippen molar-refractivity contribution < 1.29 is 13.9 Å². The molecule has 3 heterocycles. The smallest absolute Gasteiger partial charge is 0.252 e. The minimum atomic E-state index is -0.300. The summed E-state index contributed by atoms with van der Waals surface area (Å²) in [4.78, 5) is 22.5. The van der Waals surface area contributed by atoms with Gasteiger partial charge >= 0.3 is 0 Å². The van der Waals surface area contributed by atoms with E-state index in [1.54, 1.807) is 28.4 Å². The second kappa shape index (κ2) is 8.91. The first-order valence-corrected chi connectivity index (χ1v) is 10.8. The monoisotopic (exact) mass is 417 g/mol. The molecule has 3 aromatic rings. The molecule has 1 saturated heterocycles. The maximum atomic E-state index is 13.5. The zero-order valence-corrected chi connectivity index (χ0v) is 16.8. The third-order valence-electron chi connectivity index (χ3n) is 4.51. The molecule has 0 radical (unpaired) electrons. The summed E-state index contributed by atoms with van der Waals surface area (Å²) in [5.74, 6) is -0.423. The molecule has 1 aliphatic heterocycles. The van der Waals surface area contributed by atoms with Gasteiger partial charge in [-0.15, -0.1) is 11.3 Å². The number of carbonyl (C=O) groups is 1. The van der Waals surface area contributed by atoms with E-state index in [2.05, 4.69) is 9.88 Å². The highest BCUT2D eigenvalue weighted by atomic mass is 32.1. The van der Waals surface area contributed by atoms with Crippen molar-refractivity contribution in [3.8, 4) is 0 Å². The fourth-order valence-electron chi connectivity index (χ4n) is 3.00. The molecule has 0 spiro atoms. The van der Waals surface area contributed by atoms with E-state index in [-0.39, 0.29) is 11.7 Å². The van der Waals surface area contributed by atoms with Gasteiger partial charge in [-0.25, -0.2) is 9.37 Å². The number of nitrogens with zero attached hydrogens (tertiary/aromatic N) is 3. The van der Waals surface area contributed by atoms with Crippen LogP contribution in [0, 0.1) is 5.82 Å². The molecule has 146 valence electrons. The molecule has 1 amide bonds. The quantitative estimate of drug-likeness (QED) is 0.571. The van der Waals surface area contributed by atoms with Crippen LogP contribution < -0.4 is 4.90 Å². The van der Waals surface area contributed by atoms with Gasteiger partial charge < -0.3 is 4.74 Å². The first-order chi connectivity index (χ1) is 13.7. The Morgan fingerprint density at radius 3 is 2.96 bits per heavy atom. The number of hydrogen-bond acceptors (Lipinski definition) is 6. The summed E-state index contributed by atoms with van der Waals surface area (Å²) in [6, 6.07) is 8.42. The van der Waals surface area contributed by atoms with E-state index < -0.39 is 0 Å². The third-order valence-corrected chi connectivity index (χ3v) is 6.39. The number of carbonyl (C=O) groups excluding carboxylic acids is 1. The predicted octanol–water partition coefficient (Wildman–Crippen LogP) is 3.88. The molecule has 0 unspecified atom stereocenters. The summed E-state index contributed by atoms with van der Waals surface area (Å²) in [7, 11) is 0. The Kier molecular flexibility index (Phi) is 6.11. The molecule has 0 saturated carbocycles. The van der Waals surface area contributed by atoms with Crippen LogP contribution in [-0.2, 0) is 9.53 Å². The molecule has 0 N–H and O–H groups in total. The van der Waals surface area contributed by atoms with E-state index in [4.69, 9.17) is 4.74 Å². The molecule has 28 heavy (non-hydrogen) atoms. The number of anilines is 1. The number of ether oxygens (including phenoxy) is 1. The minimum Gasteiger partial charge on any atom is -0.379 e. The molecule has 5 nitrogen and oxygen atoms in total. The van der Waals surface area contributed by atoms with Gasteiger partial charge in [0.15, 0.2) is 5.13 Å². The van der Waals surface area contributed by atoms with Crippen LogP contribution in [0.15, 0.2) is 41.8 Å². The van der Waals surface area contributed by atoms with Crippen LogP contribution in [0.4, 0.5) is 9.52 Å². The topological polar surface area (TPSA) is 45.7 Å². The number of thiazole rings is 1. The molecule has 1 aromatic carbocycles. The largest absolute Gasteiger partial charge is 0.379 e. The van der Waals surface area contributed by atoms with E-state index in [9.17, 15) is 9.18 Å². The Hall–Kier alpha value is -2.13. The second-order valence-corrected chi connectivity index (χ2v) is 8.39. The fourth-order valence-corrected chi connectivity index (χ4v) is 4.64. The molecule has 0 bridgehead atoms. The van der Waals surface area contributed by atoms with E-state index in [0.717, 1.165) is 29.2 Å². The van der Waals surface area contributed by atoms with Crippen molar-refractivity contribution in [3.05, 3.63) is 52.5 Å². The number of amides is 1.